The fourth-order valence-corrected chi connectivity index (χ4v) is 5.77. The standard InChI is InChI=1S/C35H32N6O2/c1-37-33-13-7-6-11-27(33)20-32(43)22-30-15-17-35(41-39-30)26-10-4-3-9-25(18-26)34-16-14-29(38-40-34)21-31(42)19-24-8-2-5-12-28(24)23-36/h2,5-8,11-17,25-26H,3-4,9-10,18-22H2. The Bertz CT molecular complexity index is 1540. The van der Waals surface area contributed by atoms with E-state index in [2.05, 4.69) is 31.3 Å². The van der Waals surface area contributed by atoms with Crippen LogP contribution in [-0.4, -0.2) is 32.0 Å². The molecule has 0 N–H and O–H groups in total. The third kappa shape index (κ3) is 7.81. The van der Waals surface area contributed by atoms with Crippen LogP contribution in [0.15, 0.2) is 72.8 Å². The third-order valence-corrected chi connectivity index (χ3v) is 8.02. The number of nitrogens with zero attached hydrogens (tertiary/aromatic N) is 6. The maximum absolute atomic E-state index is 12.7. The van der Waals surface area contributed by atoms with Gasteiger partial charge in [0.2, 0.25) is 0 Å². The lowest BCUT2D eigenvalue weighted by Crippen LogP contribution is -2.12. The average molecular weight is 569 g/mol. The summed E-state index contributed by atoms with van der Waals surface area (Å²) < 4.78 is 0. The van der Waals surface area contributed by atoms with Crippen LogP contribution in [0, 0.1) is 17.9 Å². The first-order valence-electron chi connectivity index (χ1n) is 14.6. The Morgan fingerprint density at radius 1 is 0.721 bits per heavy atom. The molecular weight excluding hydrogens is 536 g/mol. The molecule has 8 heteroatoms. The maximum Gasteiger partial charge on any atom is 0.190 e. The van der Waals surface area contributed by atoms with Crippen LogP contribution in [0.1, 0.15) is 83.4 Å². The highest BCUT2D eigenvalue weighted by atomic mass is 16.1. The molecule has 43 heavy (non-hydrogen) atoms. The molecule has 214 valence electrons. The summed E-state index contributed by atoms with van der Waals surface area (Å²) in [6.45, 7) is 7.30. The molecule has 1 saturated carbocycles. The highest BCUT2D eigenvalue weighted by Crippen LogP contribution is 2.38. The first kappa shape index (κ1) is 29.4. The summed E-state index contributed by atoms with van der Waals surface area (Å²) in [6, 6.07) is 24.2. The van der Waals surface area contributed by atoms with Gasteiger partial charge in [0.25, 0.3) is 0 Å². The molecule has 0 aliphatic heterocycles. The number of rotatable bonds is 10. The van der Waals surface area contributed by atoms with Gasteiger partial charge in [-0.1, -0.05) is 55.3 Å². The van der Waals surface area contributed by atoms with Crippen molar-refractivity contribution < 1.29 is 9.59 Å². The van der Waals surface area contributed by atoms with E-state index < -0.39 is 0 Å². The second kappa shape index (κ2) is 14.2. The van der Waals surface area contributed by atoms with E-state index in [9.17, 15) is 14.9 Å². The number of nitriles is 1. The van der Waals surface area contributed by atoms with Crippen molar-refractivity contribution in [1.82, 2.24) is 20.4 Å². The predicted molar refractivity (Wildman–Crippen MR) is 161 cm³/mol. The molecule has 1 fully saturated rings. The molecule has 0 saturated heterocycles. The smallest absolute Gasteiger partial charge is 0.190 e. The molecule has 0 spiro atoms. The van der Waals surface area contributed by atoms with Crippen LogP contribution in [0.3, 0.4) is 0 Å². The van der Waals surface area contributed by atoms with Crippen molar-refractivity contribution >= 4 is 17.3 Å². The molecule has 2 aromatic carbocycles. The Kier molecular flexibility index (Phi) is 9.71. The van der Waals surface area contributed by atoms with Crippen LogP contribution in [0.5, 0.6) is 0 Å². The van der Waals surface area contributed by atoms with Crippen molar-refractivity contribution in [3.63, 3.8) is 0 Å². The zero-order valence-electron chi connectivity index (χ0n) is 23.9. The fourth-order valence-electron chi connectivity index (χ4n) is 5.77. The van der Waals surface area contributed by atoms with Crippen LogP contribution >= 0.6 is 0 Å². The molecule has 5 rings (SSSR count). The van der Waals surface area contributed by atoms with Gasteiger partial charge in [0.05, 0.1) is 53.8 Å². The molecular formula is C35H32N6O2. The van der Waals surface area contributed by atoms with Crippen molar-refractivity contribution in [3.8, 4) is 6.07 Å². The monoisotopic (exact) mass is 568 g/mol. The minimum Gasteiger partial charge on any atom is -0.299 e. The van der Waals surface area contributed by atoms with Gasteiger partial charge in [-0.2, -0.15) is 25.7 Å². The number of para-hydroxylation sites is 1. The molecule has 8 nitrogen and oxygen atoms in total. The highest BCUT2D eigenvalue weighted by Gasteiger charge is 2.25. The van der Waals surface area contributed by atoms with Gasteiger partial charge in [-0.05, 0) is 60.7 Å². The molecule has 2 atom stereocenters. The first-order valence-corrected chi connectivity index (χ1v) is 14.6. The summed E-state index contributed by atoms with van der Waals surface area (Å²) >= 11 is 0. The van der Waals surface area contributed by atoms with E-state index in [1.54, 1.807) is 24.3 Å². The minimum atomic E-state index is -0.00353. The molecule has 2 aromatic heterocycles. The third-order valence-electron chi connectivity index (χ3n) is 8.02. The van der Waals surface area contributed by atoms with Crippen molar-refractivity contribution in [1.29, 1.82) is 5.26 Å². The van der Waals surface area contributed by atoms with Crippen LogP contribution in [-0.2, 0) is 35.3 Å². The SMILES string of the molecule is [C-]#[N+]c1ccccc1CC(=O)Cc1ccc(C2CCCCC(c3ccc(CC(=O)Cc4ccccc4C#N)nn3)C2)nn1. The summed E-state index contributed by atoms with van der Waals surface area (Å²) in [7, 11) is 0. The van der Waals surface area contributed by atoms with Crippen LogP contribution in [0.4, 0.5) is 5.69 Å². The Morgan fingerprint density at radius 3 is 1.79 bits per heavy atom. The van der Waals surface area contributed by atoms with E-state index in [0.29, 0.717) is 22.6 Å². The Balaban J connectivity index is 1.18. The van der Waals surface area contributed by atoms with E-state index in [4.69, 9.17) is 6.57 Å². The van der Waals surface area contributed by atoms with Gasteiger partial charge >= 0.3 is 0 Å². The molecule has 0 bridgehead atoms. The lowest BCUT2D eigenvalue weighted by molar-refractivity contribution is -0.118. The number of aromatic nitrogens is 4. The van der Waals surface area contributed by atoms with Crippen molar-refractivity contribution in [2.75, 3.05) is 0 Å². The molecule has 1 aliphatic carbocycles. The number of benzene rings is 2. The van der Waals surface area contributed by atoms with E-state index in [1.807, 2.05) is 48.5 Å². The van der Waals surface area contributed by atoms with Gasteiger partial charge in [0.15, 0.2) is 5.69 Å². The number of carbonyl (C=O) groups is 2. The number of Topliss-reactive ketones (excluding diaryl/α,β-unsaturated/α-hetero) is 2. The van der Waals surface area contributed by atoms with Gasteiger partial charge in [0.1, 0.15) is 11.6 Å². The van der Waals surface area contributed by atoms with E-state index in [-0.39, 0.29) is 49.1 Å². The van der Waals surface area contributed by atoms with Gasteiger partial charge in [-0.15, -0.1) is 0 Å². The highest BCUT2D eigenvalue weighted by molar-refractivity contribution is 5.84. The molecule has 2 unspecified atom stereocenters. The van der Waals surface area contributed by atoms with Gasteiger partial charge < -0.3 is 0 Å². The molecule has 4 aromatic rings. The lowest BCUT2D eigenvalue weighted by atomic mass is 9.88. The minimum absolute atomic E-state index is 0.00313. The largest absolute Gasteiger partial charge is 0.299 e. The summed E-state index contributed by atoms with van der Waals surface area (Å²) in [5, 5.41) is 27.1. The first-order chi connectivity index (χ1) is 21.0. The zero-order chi connectivity index (χ0) is 30.0. The number of hydrogen-bond acceptors (Lipinski definition) is 7. The maximum atomic E-state index is 12.7. The quantitative estimate of drug-likeness (QED) is 0.165. The fraction of sp³-hybridized carbons (Fsp3) is 0.314. The van der Waals surface area contributed by atoms with Crippen molar-refractivity contribution in [2.24, 2.45) is 0 Å². The zero-order valence-corrected chi connectivity index (χ0v) is 23.9. The van der Waals surface area contributed by atoms with Crippen LogP contribution in [0.25, 0.3) is 4.85 Å². The number of hydrogen-bond donors (Lipinski definition) is 0. The van der Waals surface area contributed by atoms with Crippen molar-refractivity contribution in [2.45, 2.75) is 69.6 Å². The molecule has 2 heterocycles. The van der Waals surface area contributed by atoms with E-state index >= 15 is 0 Å². The normalized spacial score (nSPS) is 16.4. The number of carbonyl (C=O) groups excluding carboxylic acids is 2. The van der Waals surface area contributed by atoms with Gasteiger partial charge in [-0.3, -0.25) is 9.59 Å². The molecule has 1 aliphatic rings. The van der Waals surface area contributed by atoms with Crippen molar-refractivity contribution in [3.05, 3.63) is 124 Å². The summed E-state index contributed by atoms with van der Waals surface area (Å²) in [5.74, 6) is 0.468. The van der Waals surface area contributed by atoms with E-state index in [0.717, 1.165) is 54.6 Å². The second-order valence-electron chi connectivity index (χ2n) is 11.1. The number of ketones is 2. The second-order valence-corrected chi connectivity index (χ2v) is 11.1. The van der Waals surface area contributed by atoms with Gasteiger partial charge in [0, 0.05) is 24.7 Å². The van der Waals surface area contributed by atoms with E-state index in [1.165, 1.54) is 0 Å². The van der Waals surface area contributed by atoms with Crippen LogP contribution in [0.2, 0.25) is 0 Å². The van der Waals surface area contributed by atoms with Crippen LogP contribution < -0.4 is 0 Å². The molecule has 0 amide bonds. The predicted octanol–water partition coefficient (Wildman–Crippen LogP) is 6.23. The summed E-state index contributed by atoms with van der Waals surface area (Å²) in [4.78, 5) is 28.8. The van der Waals surface area contributed by atoms with Gasteiger partial charge in [-0.25, -0.2) is 4.85 Å². The Hall–Kier alpha value is -5.08. The lowest BCUT2D eigenvalue weighted by Gasteiger charge is -2.19. The Labute approximate surface area is 251 Å². The topological polar surface area (TPSA) is 114 Å². The molecule has 0 radical (unpaired) electrons. The average Bonchev–Trinajstić information content (AvgIpc) is 3.29. The Morgan fingerprint density at radius 2 is 1.26 bits per heavy atom. The summed E-state index contributed by atoms with van der Waals surface area (Å²) in [6.07, 6.45) is 5.86. The summed E-state index contributed by atoms with van der Waals surface area (Å²) in [5.41, 5.74) is 5.60.